The standard InChI is InChI=1S/C19H25N5.C2H6/c1-13-7-5-6-8-17(13)19-12-24(15(3)23-19)11-18(14(2)21)16(9-20)10-22-4;1-2/h6,8-12H,2,5,7,20-21H2,1,3-4H3;1-2H3/b16-9+,18-11+,22-10?;. The van der Waals surface area contributed by atoms with Crippen LogP contribution in [-0.2, 0) is 0 Å². The molecule has 140 valence electrons. The number of hydrogen-bond donors (Lipinski definition) is 2. The van der Waals surface area contributed by atoms with Crippen LogP contribution in [0.3, 0.4) is 0 Å². The molecule has 0 unspecified atom stereocenters. The Kier molecular flexibility index (Phi) is 8.35. The predicted molar refractivity (Wildman–Crippen MR) is 114 cm³/mol. The molecule has 1 aliphatic rings. The van der Waals surface area contributed by atoms with Gasteiger partial charge in [-0.25, -0.2) is 4.98 Å². The third-order valence-electron chi connectivity index (χ3n) is 4.00. The molecule has 0 amide bonds. The maximum absolute atomic E-state index is 5.94. The van der Waals surface area contributed by atoms with E-state index in [-0.39, 0.29) is 0 Å². The Balaban J connectivity index is 0.00000163. The lowest BCUT2D eigenvalue weighted by molar-refractivity contribution is 0.964. The van der Waals surface area contributed by atoms with Crippen molar-refractivity contribution >= 4 is 18.0 Å². The van der Waals surface area contributed by atoms with Crippen molar-refractivity contribution in [3.63, 3.8) is 0 Å². The van der Waals surface area contributed by atoms with Gasteiger partial charge >= 0.3 is 0 Å². The molecule has 1 aromatic heterocycles. The van der Waals surface area contributed by atoms with E-state index < -0.39 is 0 Å². The fourth-order valence-electron chi connectivity index (χ4n) is 2.65. The molecule has 5 heteroatoms. The van der Waals surface area contributed by atoms with Crippen LogP contribution >= 0.6 is 0 Å². The van der Waals surface area contributed by atoms with Crippen molar-refractivity contribution in [2.45, 2.75) is 40.5 Å². The number of aliphatic imine (C=N–C) groups is 1. The number of hydrogen-bond acceptors (Lipinski definition) is 4. The second-order valence-corrected chi connectivity index (χ2v) is 5.79. The van der Waals surface area contributed by atoms with Crippen molar-refractivity contribution in [1.29, 1.82) is 0 Å². The van der Waals surface area contributed by atoms with Gasteiger partial charge in [0.1, 0.15) is 5.82 Å². The van der Waals surface area contributed by atoms with Gasteiger partial charge in [-0.05, 0) is 26.7 Å². The smallest absolute Gasteiger partial charge is 0.110 e. The van der Waals surface area contributed by atoms with E-state index >= 15 is 0 Å². The summed E-state index contributed by atoms with van der Waals surface area (Å²) >= 11 is 0. The molecule has 5 nitrogen and oxygen atoms in total. The van der Waals surface area contributed by atoms with Gasteiger partial charge in [0.15, 0.2) is 0 Å². The topological polar surface area (TPSA) is 82.2 Å². The van der Waals surface area contributed by atoms with E-state index in [1.54, 1.807) is 13.3 Å². The minimum atomic E-state index is 0.425. The molecule has 0 saturated carbocycles. The zero-order valence-corrected chi connectivity index (χ0v) is 16.6. The number of nitrogens with two attached hydrogens (primary N) is 2. The lowest BCUT2D eigenvalue weighted by Crippen LogP contribution is -2.06. The fourth-order valence-corrected chi connectivity index (χ4v) is 2.65. The molecule has 0 saturated heterocycles. The molecular formula is C21H31N5. The van der Waals surface area contributed by atoms with Crippen molar-refractivity contribution in [1.82, 2.24) is 9.55 Å². The molecule has 2 rings (SSSR count). The Morgan fingerprint density at radius 2 is 2.04 bits per heavy atom. The van der Waals surface area contributed by atoms with Crippen LogP contribution in [0.25, 0.3) is 11.8 Å². The van der Waals surface area contributed by atoms with Gasteiger partial charge < -0.3 is 16.0 Å². The fraction of sp³-hybridized carbons (Fsp3) is 0.333. The number of aromatic nitrogens is 2. The number of nitrogens with zero attached hydrogens (tertiary/aromatic N) is 3. The highest BCUT2D eigenvalue weighted by Crippen LogP contribution is 2.27. The molecule has 1 heterocycles. The van der Waals surface area contributed by atoms with Gasteiger partial charge in [0.25, 0.3) is 0 Å². The largest absolute Gasteiger partial charge is 0.404 e. The van der Waals surface area contributed by atoms with Gasteiger partial charge in [0.05, 0.1) is 5.69 Å². The van der Waals surface area contributed by atoms with Crippen LogP contribution in [0.4, 0.5) is 0 Å². The maximum Gasteiger partial charge on any atom is 0.110 e. The molecule has 4 N–H and O–H groups in total. The van der Waals surface area contributed by atoms with Crippen LogP contribution in [0.15, 0.2) is 58.5 Å². The van der Waals surface area contributed by atoms with E-state index in [9.17, 15) is 0 Å². The van der Waals surface area contributed by atoms with Gasteiger partial charge in [-0.2, -0.15) is 0 Å². The van der Waals surface area contributed by atoms with Crippen molar-refractivity contribution in [3.05, 3.63) is 65.1 Å². The molecule has 0 aliphatic heterocycles. The average molecular weight is 354 g/mol. The normalized spacial score (nSPS) is 15.3. The summed E-state index contributed by atoms with van der Waals surface area (Å²) in [6, 6.07) is 0. The SMILES string of the molecule is C=C(N)C(=C\n1cc(C2=C(C)CCC=C2)nc1C)/C(C=NC)=C/N.CC. The highest BCUT2D eigenvalue weighted by atomic mass is 15.1. The second-order valence-electron chi connectivity index (χ2n) is 5.79. The van der Waals surface area contributed by atoms with Gasteiger partial charge in [-0.3, -0.25) is 4.99 Å². The average Bonchev–Trinajstić information content (AvgIpc) is 3.00. The summed E-state index contributed by atoms with van der Waals surface area (Å²) in [7, 11) is 1.69. The zero-order chi connectivity index (χ0) is 19.7. The highest BCUT2D eigenvalue weighted by molar-refractivity contribution is 5.88. The molecule has 1 aliphatic carbocycles. The lowest BCUT2D eigenvalue weighted by Gasteiger charge is -2.10. The van der Waals surface area contributed by atoms with E-state index in [4.69, 9.17) is 11.5 Å². The summed E-state index contributed by atoms with van der Waals surface area (Å²) in [5, 5.41) is 0. The van der Waals surface area contributed by atoms with E-state index in [0.717, 1.165) is 29.9 Å². The number of imidazole rings is 1. The van der Waals surface area contributed by atoms with E-state index in [0.29, 0.717) is 11.3 Å². The minimum Gasteiger partial charge on any atom is -0.404 e. The van der Waals surface area contributed by atoms with Crippen LogP contribution in [0.2, 0.25) is 0 Å². The Labute approximate surface area is 157 Å². The van der Waals surface area contributed by atoms with Crippen LogP contribution in [0, 0.1) is 6.92 Å². The third-order valence-corrected chi connectivity index (χ3v) is 4.00. The summed E-state index contributed by atoms with van der Waals surface area (Å²) in [6.07, 6.45) is 13.5. The molecule has 0 atom stereocenters. The van der Waals surface area contributed by atoms with Gasteiger partial charge in [-0.1, -0.05) is 38.2 Å². The third kappa shape index (κ3) is 5.09. The van der Waals surface area contributed by atoms with Crippen LogP contribution < -0.4 is 11.5 Å². The van der Waals surface area contributed by atoms with Crippen LogP contribution in [0.1, 0.15) is 45.1 Å². The molecular weight excluding hydrogens is 322 g/mol. The summed E-state index contributed by atoms with van der Waals surface area (Å²) in [4.78, 5) is 8.69. The van der Waals surface area contributed by atoms with E-state index in [1.165, 1.54) is 17.3 Å². The molecule has 0 radical (unpaired) electrons. The molecule has 0 spiro atoms. The highest BCUT2D eigenvalue weighted by Gasteiger charge is 2.12. The monoisotopic (exact) mass is 353 g/mol. The summed E-state index contributed by atoms with van der Waals surface area (Å²) < 4.78 is 1.94. The van der Waals surface area contributed by atoms with Crippen molar-refractivity contribution in [2.24, 2.45) is 16.5 Å². The Hall–Kier alpha value is -2.82. The minimum absolute atomic E-state index is 0.425. The number of rotatable bonds is 5. The first-order chi connectivity index (χ1) is 12.5. The summed E-state index contributed by atoms with van der Waals surface area (Å²) in [5.41, 5.74) is 17.0. The second kappa shape index (κ2) is 10.2. The van der Waals surface area contributed by atoms with Crippen molar-refractivity contribution < 1.29 is 0 Å². The van der Waals surface area contributed by atoms with Crippen LogP contribution in [0.5, 0.6) is 0 Å². The molecule has 0 aromatic carbocycles. The molecule has 0 bridgehead atoms. The Morgan fingerprint density at radius 1 is 1.35 bits per heavy atom. The van der Waals surface area contributed by atoms with Crippen LogP contribution in [-0.4, -0.2) is 22.8 Å². The first-order valence-corrected chi connectivity index (χ1v) is 8.91. The first-order valence-electron chi connectivity index (χ1n) is 8.91. The summed E-state index contributed by atoms with van der Waals surface area (Å²) in [5.74, 6) is 0.868. The van der Waals surface area contributed by atoms with E-state index in [1.807, 2.05) is 37.7 Å². The zero-order valence-electron chi connectivity index (χ0n) is 16.6. The van der Waals surface area contributed by atoms with Crippen molar-refractivity contribution in [3.8, 4) is 0 Å². The molecule has 26 heavy (non-hydrogen) atoms. The molecule has 1 aromatic rings. The quantitative estimate of drug-likeness (QED) is 0.615. The maximum atomic E-state index is 5.94. The Morgan fingerprint density at radius 3 is 2.58 bits per heavy atom. The predicted octanol–water partition coefficient (Wildman–Crippen LogP) is 4.20. The van der Waals surface area contributed by atoms with Gasteiger partial charge in [-0.15, -0.1) is 0 Å². The molecule has 0 fully saturated rings. The summed E-state index contributed by atoms with van der Waals surface area (Å²) in [6.45, 7) is 12.0. The Bertz CT molecular complexity index is 785. The first kappa shape index (κ1) is 21.2. The lowest BCUT2D eigenvalue weighted by atomic mass is 9.97. The number of allylic oxidation sites excluding steroid dienone is 5. The van der Waals surface area contributed by atoms with E-state index in [2.05, 4.69) is 35.6 Å². The van der Waals surface area contributed by atoms with Crippen molar-refractivity contribution in [2.75, 3.05) is 7.05 Å². The number of aryl methyl sites for hydroxylation is 1. The van der Waals surface area contributed by atoms with Gasteiger partial charge in [0, 0.05) is 54.3 Å². The van der Waals surface area contributed by atoms with Gasteiger partial charge in [0.2, 0.25) is 0 Å².